The number of amides is 2. The highest BCUT2D eigenvalue weighted by Gasteiger charge is 2.54. The fraction of sp³-hybridized carbons (Fsp3) is 0.929. The lowest BCUT2D eigenvalue weighted by Gasteiger charge is -2.49. The van der Waals surface area contributed by atoms with Crippen molar-refractivity contribution >= 4 is 11.8 Å². The van der Waals surface area contributed by atoms with Gasteiger partial charge in [-0.15, -0.1) is 0 Å². The summed E-state index contributed by atoms with van der Waals surface area (Å²) in [6, 6.07) is -3.11. The summed E-state index contributed by atoms with van der Waals surface area (Å²) in [5, 5.41) is 139. The molecule has 0 radical (unpaired) electrons. The highest BCUT2D eigenvalue weighted by molar-refractivity contribution is 5.73. The van der Waals surface area contributed by atoms with Crippen LogP contribution in [0.15, 0.2) is 0 Å². The van der Waals surface area contributed by atoms with E-state index in [1.54, 1.807) is 0 Å². The van der Waals surface area contributed by atoms with Gasteiger partial charge in [0.15, 0.2) is 18.9 Å². The van der Waals surface area contributed by atoms with Gasteiger partial charge in [0, 0.05) is 13.8 Å². The van der Waals surface area contributed by atoms with Crippen LogP contribution < -0.4 is 10.6 Å². The van der Waals surface area contributed by atoms with Crippen molar-refractivity contribution in [1.82, 2.24) is 10.6 Å². The van der Waals surface area contributed by atoms with Crippen molar-refractivity contribution in [3.63, 3.8) is 0 Å². The van der Waals surface area contributed by atoms with E-state index in [0.29, 0.717) is 0 Å². The van der Waals surface area contributed by atoms with E-state index in [2.05, 4.69) is 10.6 Å². The molecule has 0 aliphatic carbocycles. The normalized spacial score (nSPS) is 41.3. The van der Waals surface area contributed by atoms with Crippen LogP contribution in [-0.2, 0) is 38.0 Å². The maximum atomic E-state index is 12.2. The van der Waals surface area contributed by atoms with Gasteiger partial charge in [-0.2, -0.15) is 0 Å². The quantitative estimate of drug-likeness (QED) is 0.0696. The van der Waals surface area contributed by atoms with Crippen LogP contribution in [0.2, 0.25) is 0 Å². The van der Waals surface area contributed by atoms with Gasteiger partial charge in [0.2, 0.25) is 11.8 Å². The molecular formula is C28H50N2O21. The van der Waals surface area contributed by atoms with E-state index in [1.165, 1.54) is 0 Å². The van der Waals surface area contributed by atoms with Crippen LogP contribution in [0.4, 0.5) is 0 Å². The Kier molecular flexibility index (Phi) is 16.7. The minimum absolute atomic E-state index is 0.704. The van der Waals surface area contributed by atoms with Crippen LogP contribution in [0.25, 0.3) is 0 Å². The fourth-order valence-electron chi connectivity index (χ4n) is 5.94. The van der Waals surface area contributed by atoms with Gasteiger partial charge in [-0.05, 0) is 0 Å². The zero-order valence-electron chi connectivity index (χ0n) is 27.6. The van der Waals surface area contributed by atoms with Crippen molar-refractivity contribution in [2.75, 3.05) is 33.0 Å². The maximum Gasteiger partial charge on any atom is 0.217 e. The SMILES string of the molecule is CC(=O)N[C@H]1[C@H](O[C@@H]([C@@H](O)[C@H](O)CO)[C@H](CO)NC(C)=O)O[C@H](CO)[C@@H](O[C@@H]2O[C@H](CO)[C@H](O)[C@H](O[C@H]3O[C@H](CO)[C@H](O)[C@H](O)[C@H]3O)[C@H]2O)[C@@H]1O. The molecule has 51 heavy (non-hydrogen) atoms. The first kappa shape index (κ1) is 43.6. The molecule has 0 aromatic carbocycles. The summed E-state index contributed by atoms with van der Waals surface area (Å²) in [4.78, 5) is 24.0. The highest BCUT2D eigenvalue weighted by atomic mass is 16.8. The van der Waals surface area contributed by atoms with Crippen LogP contribution in [0.1, 0.15) is 13.8 Å². The summed E-state index contributed by atoms with van der Waals surface area (Å²) in [5.41, 5.74) is 0. The first-order chi connectivity index (χ1) is 24.0. The number of carbonyl (C=O) groups excluding carboxylic acids is 2. The van der Waals surface area contributed by atoms with Gasteiger partial charge in [-0.1, -0.05) is 0 Å². The molecule has 2 amide bonds. The van der Waals surface area contributed by atoms with Crippen molar-refractivity contribution in [2.24, 2.45) is 0 Å². The van der Waals surface area contributed by atoms with Gasteiger partial charge in [-0.3, -0.25) is 9.59 Å². The lowest BCUT2D eigenvalue weighted by Crippen LogP contribution is -2.69. The average Bonchev–Trinajstić information content (AvgIpc) is 3.10. The van der Waals surface area contributed by atoms with Gasteiger partial charge in [-0.25, -0.2) is 0 Å². The minimum atomic E-state index is -2.06. The van der Waals surface area contributed by atoms with Gasteiger partial charge in [0.25, 0.3) is 0 Å². The van der Waals surface area contributed by atoms with E-state index in [1.807, 2.05) is 0 Å². The lowest BCUT2D eigenvalue weighted by atomic mass is 9.94. The molecule has 3 heterocycles. The van der Waals surface area contributed by atoms with E-state index in [4.69, 9.17) is 28.4 Å². The second-order valence-corrected chi connectivity index (χ2v) is 12.4. The fourth-order valence-corrected chi connectivity index (χ4v) is 5.94. The highest BCUT2D eigenvalue weighted by Crippen LogP contribution is 2.33. The predicted molar refractivity (Wildman–Crippen MR) is 159 cm³/mol. The second kappa shape index (κ2) is 19.5. The molecule has 0 aromatic rings. The van der Waals surface area contributed by atoms with E-state index in [-0.39, 0.29) is 0 Å². The van der Waals surface area contributed by atoms with E-state index in [9.17, 15) is 76.0 Å². The molecule has 3 aliphatic heterocycles. The second-order valence-electron chi connectivity index (χ2n) is 12.4. The number of aliphatic hydroxyl groups is 13. The Bertz CT molecular complexity index is 1090. The van der Waals surface area contributed by atoms with Gasteiger partial charge >= 0.3 is 0 Å². The van der Waals surface area contributed by atoms with Crippen molar-refractivity contribution in [2.45, 2.75) is 130 Å². The largest absolute Gasteiger partial charge is 0.394 e. The van der Waals surface area contributed by atoms with Gasteiger partial charge < -0.3 is 105 Å². The van der Waals surface area contributed by atoms with Gasteiger partial charge in [0.05, 0.1) is 39.1 Å². The van der Waals surface area contributed by atoms with Crippen molar-refractivity contribution in [1.29, 1.82) is 0 Å². The first-order valence-electron chi connectivity index (χ1n) is 16.0. The molecule has 298 valence electrons. The number of ether oxygens (including phenoxy) is 6. The summed E-state index contributed by atoms with van der Waals surface area (Å²) < 4.78 is 33.6. The number of hydrogen-bond acceptors (Lipinski definition) is 21. The van der Waals surface area contributed by atoms with Crippen LogP contribution in [0.3, 0.4) is 0 Å². The molecule has 3 fully saturated rings. The zero-order valence-corrected chi connectivity index (χ0v) is 27.6. The Hall–Kier alpha value is -1.82. The Labute approximate surface area is 290 Å². The number of nitrogens with one attached hydrogen (secondary N) is 2. The molecule has 0 unspecified atom stereocenters. The number of carbonyl (C=O) groups is 2. The Morgan fingerprint density at radius 3 is 1.67 bits per heavy atom. The minimum Gasteiger partial charge on any atom is -0.394 e. The maximum absolute atomic E-state index is 12.2. The first-order valence-corrected chi connectivity index (χ1v) is 16.0. The predicted octanol–water partition coefficient (Wildman–Crippen LogP) is -9.83. The zero-order chi connectivity index (χ0) is 38.3. The van der Waals surface area contributed by atoms with E-state index in [0.717, 1.165) is 13.8 Å². The molecule has 0 aromatic heterocycles. The standard InChI is InChI=1S/C28H50N2O21/c1-8(36)29-10(3-31)23(16(39)11(38)4-32)49-26-15(30-9(2)37)19(42)24(14(7-35)48-26)50-28-22(45)25(18(41)13(6-34)47-28)51-27-21(44)20(43)17(40)12(5-33)46-27/h10-28,31-35,38-45H,3-7H2,1-2H3,(H,29,36)(H,30,37)/t10-,11+,12+,13+,14+,15+,16-,17-,18-,19+,20-,21+,22+,23+,24+,25-,26-,27+,28-/m0/s1. The van der Waals surface area contributed by atoms with Crippen molar-refractivity contribution in [3.05, 3.63) is 0 Å². The molecular weight excluding hydrogens is 700 g/mol. The van der Waals surface area contributed by atoms with Crippen molar-refractivity contribution < 1.29 is 104 Å². The monoisotopic (exact) mass is 750 g/mol. The molecule has 0 spiro atoms. The van der Waals surface area contributed by atoms with E-state index < -0.39 is 161 Å². The summed E-state index contributed by atoms with van der Waals surface area (Å²) in [5.74, 6) is -1.49. The molecule has 15 N–H and O–H groups in total. The summed E-state index contributed by atoms with van der Waals surface area (Å²) >= 11 is 0. The summed E-state index contributed by atoms with van der Waals surface area (Å²) in [7, 11) is 0. The van der Waals surface area contributed by atoms with Crippen LogP contribution >= 0.6 is 0 Å². The van der Waals surface area contributed by atoms with Crippen LogP contribution in [-0.4, -0.2) is 228 Å². The molecule has 19 atom stereocenters. The third kappa shape index (κ3) is 10.2. The number of rotatable bonds is 16. The molecule has 23 heteroatoms. The topological polar surface area (TPSA) is 377 Å². The smallest absolute Gasteiger partial charge is 0.217 e. The van der Waals surface area contributed by atoms with E-state index >= 15 is 0 Å². The van der Waals surface area contributed by atoms with Gasteiger partial charge in [0.1, 0.15) is 91.5 Å². The van der Waals surface area contributed by atoms with Crippen molar-refractivity contribution in [3.8, 4) is 0 Å². The average molecular weight is 751 g/mol. The Balaban J connectivity index is 1.90. The third-order valence-corrected chi connectivity index (χ3v) is 8.67. The lowest BCUT2D eigenvalue weighted by molar-refractivity contribution is -0.377. The Morgan fingerprint density at radius 1 is 0.627 bits per heavy atom. The number of aliphatic hydroxyl groups excluding tert-OH is 13. The molecule has 3 saturated heterocycles. The molecule has 3 rings (SSSR count). The van der Waals surface area contributed by atoms with Crippen LogP contribution in [0.5, 0.6) is 0 Å². The molecule has 3 aliphatic rings. The summed E-state index contributed by atoms with van der Waals surface area (Å²) in [6.07, 6.45) is -31.0. The summed E-state index contributed by atoms with van der Waals surface area (Å²) in [6.45, 7) is -2.47. The third-order valence-electron chi connectivity index (χ3n) is 8.67. The molecule has 23 nitrogen and oxygen atoms in total. The molecule has 0 saturated carbocycles. The Morgan fingerprint density at radius 2 is 1.16 bits per heavy atom. The number of hydrogen-bond donors (Lipinski definition) is 15. The molecule has 0 bridgehead atoms. The van der Waals surface area contributed by atoms with Crippen LogP contribution in [0, 0.1) is 0 Å².